The van der Waals surface area contributed by atoms with Crippen LogP contribution < -0.4 is 5.73 Å². The molecule has 0 aromatic carbocycles. The van der Waals surface area contributed by atoms with E-state index < -0.39 is 0 Å². The molecule has 1 saturated carbocycles. The normalized spacial score (nSPS) is 27.5. The zero-order valence-electron chi connectivity index (χ0n) is 8.76. The standard InChI is InChI=1S/C10H17N3O2/c11-8-4-2-1-3-5-9(8)14-6-10-12-7-15-13-10/h7-9H,1-6,11H2. The summed E-state index contributed by atoms with van der Waals surface area (Å²) in [6.07, 6.45) is 7.22. The Kier molecular flexibility index (Phi) is 3.69. The minimum atomic E-state index is 0.144. The van der Waals surface area contributed by atoms with Gasteiger partial charge in [0.05, 0.1) is 6.10 Å². The van der Waals surface area contributed by atoms with Gasteiger partial charge in [0.1, 0.15) is 6.61 Å². The smallest absolute Gasteiger partial charge is 0.213 e. The lowest BCUT2D eigenvalue weighted by molar-refractivity contribution is 0.0152. The molecule has 1 aromatic heterocycles. The number of nitrogens with zero attached hydrogens (tertiary/aromatic N) is 2. The highest BCUT2D eigenvalue weighted by molar-refractivity contribution is 4.79. The Hall–Kier alpha value is -0.940. The molecule has 2 atom stereocenters. The summed E-state index contributed by atoms with van der Waals surface area (Å²) in [5, 5.41) is 3.70. The van der Waals surface area contributed by atoms with E-state index in [4.69, 9.17) is 10.5 Å². The molecule has 0 spiro atoms. The van der Waals surface area contributed by atoms with E-state index in [1.807, 2.05) is 0 Å². The molecule has 84 valence electrons. The van der Waals surface area contributed by atoms with Gasteiger partial charge in [-0.05, 0) is 12.8 Å². The Morgan fingerprint density at radius 1 is 1.40 bits per heavy atom. The summed E-state index contributed by atoms with van der Waals surface area (Å²) in [7, 11) is 0. The van der Waals surface area contributed by atoms with Gasteiger partial charge in [0, 0.05) is 6.04 Å². The minimum Gasteiger partial charge on any atom is -0.368 e. The van der Waals surface area contributed by atoms with Crippen molar-refractivity contribution in [2.75, 3.05) is 0 Å². The van der Waals surface area contributed by atoms with Gasteiger partial charge in [0.15, 0.2) is 5.82 Å². The van der Waals surface area contributed by atoms with Crippen molar-refractivity contribution in [1.29, 1.82) is 0 Å². The Morgan fingerprint density at radius 2 is 2.27 bits per heavy atom. The zero-order valence-corrected chi connectivity index (χ0v) is 8.76. The second kappa shape index (κ2) is 5.23. The Bertz CT molecular complexity index is 276. The fourth-order valence-electron chi connectivity index (χ4n) is 1.95. The topological polar surface area (TPSA) is 74.2 Å². The van der Waals surface area contributed by atoms with Crippen LogP contribution in [0.4, 0.5) is 0 Å². The van der Waals surface area contributed by atoms with Gasteiger partial charge in [0.2, 0.25) is 6.39 Å². The minimum absolute atomic E-state index is 0.144. The van der Waals surface area contributed by atoms with Crippen LogP contribution in [0.3, 0.4) is 0 Å². The Labute approximate surface area is 89.0 Å². The SMILES string of the molecule is NC1CCCCCC1OCc1ncon1. The lowest BCUT2D eigenvalue weighted by Gasteiger charge is -2.20. The molecule has 5 heteroatoms. The first-order valence-electron chi connectivity index (χ1n) is 5.48. The molecule has 15 heavy (non-hydrogen) atoms. The van der Waals surface area contributed by atoms with E-state index in [9.17, 15) is 0 Å². The van der Waals surface area contributed by atoms with E-state index in [1.165, 1.54) is 25.7 Å². The fourth-order valence-corrected chi connectivity index (χ4v) is 1.95. The van der Waals surface area contributed by atoms with E-state index in [-0.39, 0.29) is 12.1 Å². The molecule has 0 radical (unpaired) electrons. The third kappa shape index (κ3) is 3.00. The van der Waals surface area contributed by atoms with Crippen molar-refractivity contribution in [3.05, 3.63) is 12.2 Å². The second-order valence-electron chi connectivity index (χ2n) is 4.00. The van der Waals surface area contributed by atoms with Gasteiger partial charge >= 0.3 is 0 Å². The molecule has 1 fully saturated rings. The molecule has 0 amide bonds. The monoisotopic (exact) mass is 211 g/mol. The molecule has 2 unspecified atom stereocenters. The van der Waals surface area contributed by atoms with Gasteiger partial charge in [-0.15, -0.1) is 0 Å². The molecule has 1 heterocycles. The van der Waals surface area contributed by atoms with Crippen molar-refractivity contribution in [3.8, 4) is 0 Å². The maximum absolute atomic E-state index is 6.03. The van der Waals surface area contributed by atoms with Crippen LogP contribution in [0.1, 0.15) is 37.9 Å². The van der Waals surface area contributed by atoms with E-state index in [1.54, 1.807) is 0 Å². The average Bonchev–Trinajstić information content (AvgIpc) is 2.67. The first-order chi connectivity index (χ1) is 7.36. The van der Waals surface area contributed by atoms with Gasteiger partial charge in [0.25, 0.3) is 0 Å². The third-order valence-electron chi connectivity index (χ3n) is 2.84. The summed E-state index contributed by atoms with van der Waals surface area (Å²) >= 11 is 0. The molecule has 1 aromatic rings. The quantitative estimate of drug-likeness (QED) is 0.761. The molecular formula is C10H17N3O2. The predicted molar refractivity (Wildman–Crippen MR) is 53.9 cm³/mol. The molecule has 1 aliphatic carbocycles. The van der Waals surface area contributed by atoms with Crippen molar-refractivity contribution in [2.24, 2.45) is 5.73 Å². The summed E-state index contributed by atoms with van der Waals surface area (Å²) in [5.74, 6) is 0.589. The molecule has 0 aliphatic heterocycles. The predicted octanol–water partition coefficient (Wildman–Crippen LogP) is 1.25. The Morgan fingerprint density at radius 3 is 3.07 bits per heavy atom. The van der Waals surface area contributed by atoms with Crippen molar-refractivity contribution in [2.45, 2.75) is 50.9 Å². The van der Waals surface area contributed by atoms with E-state index in [0.717, 1.165) is 12.8 Å². The van der Waals surface area contributed by atoms with Gasteiger partial charge in [-0.1, -0.05) is 24.4 Å². The van der Waals surface area contributed by atoms with E-state index in [0.29, 0.717) is 12.4 Å². The zero-order chi connectivity index (χ0) is 10.5. The van der Waals surface area contributed by atoms with Crippen LogP contribution in [0.2, 0.25) is 0 Å². The highest BCUT2D eigenvalue weighted by Crippen LogP contribution is 2.19. The van der Waals surface area contributed by atoms with E-state index >= 15 is 0 Å². The number of rotatable bonds is 3. The number of aromatic nitrogens is 2. The average molecular weight is 211 g/mol. The van der Waals surface area contributed by atoms with Crippen LogP contribution in [-0.4, -0.2) is 22.3 Å². The van der Waals surface area contributed by atoms with Crippen molar-refractivity contribution < 1.29 is 9.26 Å². The van der Waals surface area contributed by atoms with Crippen molar-refractivity contribution in [3.63, 3.8) is 0 Å². The maximum Gasteiger partial charge on any atom is 0.213 e. The highest BCUT2D eigenvalue weighted by atomic mass is 16.5. The first-order valence-corrected chi connectivity index (χ1v) is 5.48. The first kappa shape index (κ1) is 10.6. The van der Waals surface area contributed by atoms with Crippen LogP contribution in [0, 0.1) is 0 Å². The van der Waals surface area contributed by atoms with Crippen LogP contribution >= 0.6 is 0 Å². The largest absolute Gasteiger partial charge is 0.368 e. The Balaban J connectivity index is 1.81. The lowest BCUT2D eigenvalue weighted by Crippen LogP contribution is -2.35. The summed E-state index contributed by atoms with van der Waals surface area (Å²) < 4.78 is 10.3. The number of ether oxygens (including phenoxy) is 1. The molecule has 5 nitrogen and oxygen atoms in total. The molecular weight excluding hydrogens is 194 g/mol. The maximum atomic E-state index is 6.03. The third-order valence-corrected chi connectivity index (χ3v) is 2.84. The highest BCUT2D eigenvalue weighted by Gasteiger charge is 2.21. The number of hydrogen-bond acceptors (Lipinski definition) is 5. The molecule has 0 bridgehead atoms. The lowest BCUT2D eigenvalue weighted by atomic mass is 10.1. The molecule has 0 saturated heterocycles. The van der Waals surface area contributed by atoms with Crippen LogP contribution in [0.15, 0.2) is 10.9 Å². The molecule has 2 N–H and O–H groups in total. The van der Waals surface area contributed by atoms with Crippen molar-refractivity contribution in [1.82, 2.24) is 10.1 Å². The van der Waals surface area contributed by atoms with E-state index in [2.05, 4.69) is 14.7 Å². The van der Waals surface area contributed by atoms with Crippen molar-refractivity contribution >= 4 is 0 Å². The van der Waals surface area contributed by atoms with Gasteiger partial charge in [-0.2, -0.15) is 4.98 Å². The summed E-state index contributed by atoms with van der Waals surface area (Å²) in [5.41, 5.74) is 6.03. The molecule has 2 rings (SSSR count). The van der Waals surface area contributed by atoms with Gasteiger partial charge in [-0.3, -0.25) is 0 Å². The van der Waals surface area contributed by atoms with Crippen LogP contribution in [-0.2, 0) is 11.3 Å². The fraction of sp³-hybridized carbons (Fsp3) is 0.800. The van der Waals surface area contributed by atoms with Crippen LogP contribution in [0.25, 0.3) is 0 Å². The number of nitrogens with two attached hydrogens (primary N) is 1. The number of hydrogen-bond donors (Lipinski definition) is 1. The van der Waals surface area contributed by atoms with Gasteiger partial charge < -0.3 is 15.0 Å². The second-order valence-corrected chi connectivity index (χ2v) is 4.00. The summed E-state index contributed by atoms with van der Waals surface area (Å²) in [6, 6.07) is 0.152. The molecule has 1 aliphatic rings. The van der Waals surface area contributed by atoms with Crippen LogP contribution in [0.5, 0.6) is 0 Å². The summed E-state index contributed by atoms with van der Waals surface area (Å²) in [6.45, 7) is 0.398. The summed E-state index contributed by atoms with van der Waals surface area (Å²) in [4.78, 5) is 3.91. The van der Waals surface area contributed by atoms with Gasteiger partial charge in [-0.25, -0.2) is 0 Å².